The Morgan fingerprint density at radius 1 is 1.59 bits per heavy atom. The number of fused-ring (bicyclic) bond motifs is 1. The minimum Gasteiger partial charge on any atom is -0.390 e. The number of likely N-dealkylation sites (tertiary alicyclic amines) is 1. The van der Waals surface area contributed by atoms with Gasteiger partial charge in [0.15, 0.2) is 0 Å². The van der Waals surface area contributed by atoms with Crippen molar-refractivity contribution >= 4 is 41.3 Å². The quantitative estimate of drug-likeness (QED) is 0.327. The van der Waals surface area contributed by atoms with Gasteiger partial charge < -0.3 is 20.6 Å². The largest absolute Gasteiger partial charge is 0.390 e. The first kappa shape index (κ1) is 21.5. The van der Waals surface area contributed by atoms with Gasteiger partial charge in [-0.1, -0.05) is 0 Å². The summed E-state index contributed by atoms with van der Waals surface area (Å²) in [5, 5.41) is 21.3. The number of ether oxygens (including phenoxy) is 1. The van der Waals surface area contributed by atoms with E-state index in [4.69, 9.17) is 21.7 Å². The fourth-order valence-electron chi connectivity index (χ4n) is 4.16. The van der Waals surface area contributed by atoms with Gasteiger partial charge in [-0.2, -0.15) is 11.8 Å². The van der Waals surface area contributed by atoms with E-state index in [-0.39, 0.29) is 10.3 Å². The van der Waals surface area contributed by atoms with Gasteiger partial charge in [0.1, 0.15) is 5.60 Å². The third-order valence-corrected chi connectivity index (χ3v) is 7.94. The topological polar surface area (TPSA) is 68.6 Å². The molecule has 0 aromatic carbocycles. The van der Waals surface area contributed by atoms with Crippen LogP contribution >= 0.6 is 35.1 Å². The normalized spacial score (nSPS) is 34.8. The second-order valence-electron chi connectivity index (χ2n) is 7.49. The van der Waals surface area contributed by atoms with Crippen molar-refractivity contribution < 1.29 is 9.84 Å². The second kappa shape index (κ2) is 9.55. The van der Waals surface area contributed by atoms with E-state index < -0.39 is 6.10 Å². The lowest BCUT2D eigenvalue weighted by Gasteiger charge is -2.48. The van der Waals surface area contributed by atoms with E-state index in [0.29, 0.717) is 12.6 Å². The van der Waals surface area contributed by atoms with Gasteiger partial charge in [0.2, 0.25) is 0 Å². The van der Waals surface area contributed by atoms with Crippen molar-refractivity contribution in [2.45, 2.75) is 48.6 Å². The zero-order valence-corrected chi connectivity index (χ0v) is 18.4. The average Bonchev–Trinajstić information content (AvgIpc) is 3.06. The SMILES string of the molecule is CSCCN/C=C(\C=N)CN1CCC2(C[C@@H]1C)OCC(O)C1=C2SC(Cl)C1. The molecule has 0 radical (unpaired) electrons. The van der Waals surface area contributed by atoms with E-state index in [1.165, 1.54) is 11.1 Å². The monoisotopic (exact) mass is 431 g/mol. The smallest absolute Gasteiger partial charge is 0.102 e. The van der Waals surface area contributed by atoms with Crippen molar-refractivity contribution in [2.24, 2.45) is 0 Å². The van der Waals surface area contributed by atoms with E-state index in [1.54, 1.807) is 11.8 Å². The summed E-state index contributed by atoms with van der Waals surface area (Å²) in [7, 11) is 0. The van der Waals surface area contributed by atoms with Crippen molar-refractivity contribution in [1.82, 2.24) is 10.2 Å². The Balaban J connectivity index is 1.64. The zero-order chi connectivity index (χ0) is 19.4. The number of nitrogens with zero attached hydrogens (tertiary/aromatic N) is 1. The molecule has 3 rings (SSSR count). The minimum atomic E-state index is -0.505. The second-order valence-corrected chi connectivity index (χ2v) is 10.5. The van der Waals surface area contributed by atoms with Crippen molar-refractivity contribution in [3.05, 3.63) is 22.3 Å². The van der Waals surface area contributed by atoms with Crippen molar-refractivity contribution in [3.63, 3.8) is 0 Å². The molecule has 1 saturated heterocycles. The lowest BCUT2D eigenvalue weighted by Crippen LogP contribution is -2.54. The molecule has 152 valence electrons. The summed E-state index contributed by atoms with van der Waals surface area (Å²) in [6, 6.07) is 0.340. The third kappa shape index (κ3) is 4.87. The molecular weight excluding hydrogens is 402 g/mol. The molecule has 3 aliphatic rings. The van der Waals surface area contributed by atoms with Gasteiger partial charge in [-0.25, -0.2) is 0 Å². The number of alkyl halides is 1. The molecular formula is C19H30ClN3O2S2. The van der Waals surface area contributed by atoms with Gasteiger partial charge in [-0.3, -0.25) is 4.90 Å². The first-order valence-corrected chi connectivity index (χ1v) is 12.2. The lowest BCUT2D eigenvalue weighted by atomic mass is 9.82. The summed E-state index contributed by atoms with van der Waals surface area (Å²) >= 11 is 9.87. The van der Waals surface area contributed by atoms with Crippen LogP contribution in [0.15, 0.2) is 22.3 Å². The first-order valence-electron chi connectivity index (χ1n) is 9.51. The molecule has 0 amide bonds. The Hall–Kier alpha value is -0.180. The summed E-state index contributed by atoms with van der Waals surface area (Å²) < 4.78 is 6.25. The van der Waals surface area contributed by atoms with Gasteiger partial charge in [0.05, 0.1) is 17.4 Å². The van der Waals surface area contributed by atoms with Crippen LogP contribution in [0.4, 0.5) is 0 Å². The summed E-state index contributed by atoms with van der Waals surface area (Å²) in [6.07, 6.45) is 7.58. The Kier molecular flexibility index (Phi) is 7.61. The van der Waals surface area contributed by atoms with E-state index in [0.717, 1.165) is 55.8 Å². The van der Waals surface area contributed by atoms with Crippen LogP contribution in [0.2, 0.25) is 0 Å². The van der Waals surface area contributed by atoms with Crippen LogP contribution < -0.4 is 5.32 Å². The minimum absolute atomic E-state index is 0.0105. The van der Waals surface area contributed by atoms with Gasteiger partial charge in [-0.15, -0.1) is 23.4 Å². The third-order valence-electron chi connectivity index (χ3n) is 5.61. The number of nitrogens with one attached hydrogen (secondary N) is 2. The molecule has 3 aliphatic heterocycles. The first-order chi connectivity index (χ1) is 13.0. The Morgan fingerprint density at radius 2 is 2.41 bits per heavy atom. The Labute approximate surface area is 175 Å². The van der Waals surface area contributed by atoms with Crippen LogP contribution in [0.1, 0.15) is 26.2 Å². The highest BCUT2D eigenvalue weighted by atomic mass is 35.5. The summed E-state index contributed by atoms with van der Waals surface area (Å²) in [4.78, 5) is 3.61. The molecule has 0 aromatic heterocycles. The van der Waals surface area contributed by atoms with E-state index in [2.05, 4.69) is 23.4 Å². The predicted octanol–water partition coefficient (Wildman–Crippen LogP) is 3.04. The number of thioether (sulfide) groups is 2. The Morgan fingerprint density at radius 3 is 3.11 bits per heavy atom. The van der Waals surface area contributed by atoms with Crippen LogP contribution in [0.25, 0.3) is 0 Å². The van der Waals surface area contributed by atoms with Gasteiger partial charge in [-0.05, 0) is 43.6 Å². The molecule has 8 heteroatoms. The fraction of sp³-hybridized carbons (Fsp3) is 0.737. The molecule has 0 saturated carbocycles. The molecule has 0 aromatic rings. The molecule has 5 nitrogen and oxygen atoms in total. The maximum atomic E-state index is 10.3. The summed E-state index contributed by atoms with van der Waals surface area (Å²) in [6.45, 7) is 5.21. The van der Waals surface area contributed by atoms with Gasteiger partial charge in [0, 0.05) is 48.7 Å². The van der Waals surface area contributed by atoms with E-state index >= 15 is 0 Å². The number of rotatable bonds is 7. The van der Waals surface area contributed by atoms with Crippen LogP contribution in [-0.2, 0) is 4.74 Å². The van der Waals surface area contributed by atoms with Crippen LogP contribution in [0, 0.1) is 5.41 Å². The van der Waals surface area contributed by atoms with Crippen LogP contribution in [0.5, 0.6) is 0 Å². The molecule has 0 bridgehead atoms. The average molecular weight is 432 g/mol. The maximum absolute atomic E-state index is 10.3. The van der Waals surface area contributed by atoms with Crippen molar-refractivity contribution in [2.75, 3.05) is 38.2 Å². The summed E-state index contributed by atoms with van der Waals surface area (Å²) in [5.74, 6) is 1.06. The molecule has 1 spiro atoms. The molecule has 0 aliphatic carbocycles. The van der Waals surface area contributed by atoms with Crippen LogP contribution in [-0.4, -0.2) is 76.9 Å². The molecule has 1 fully saturated rings. The molecule has 3 heterocycles. The highest BCUT2D eigenvalue weighted by Crippen LogP contribution is 2.53. The standard InChI is InChI=1S/C19H30ClN3O2S2/c1-13-8-19(18-15(7-17(20)27-18)16(24)12-25-19)3-5-23(13)11-14(9-21)10-22-4-6-26-2/h9-10,13,16-17,21-22,24H,3-8,11-12H2,1-2H3/b14-10+,21-9?/t13-,16?,17?,19?/m0/s1. The molecule has 27 heavy (non-hydrogen) atoms. The highest BCUT2D eigenvalue weighted by Gasteiger charge is 2.49. The maximum Gasteiger partial charge on any atom is 0.102 e. The van der Waals surface area contributed by atoms with Gasteiger partial charge >= 0.3 is 0 Å². The molecule has 3 unspecified atom stereocenters. The number of aliphatic hydroxyl groups is 1. The number of hydrogen-bond acceptors (Lipinski definition) is 7. The number of piperidine rings is 1. The zero-order valence-electron chi connectivity index (χ0n) is 16.0. The van der Waals surface area contributed by atoms with Crippen molar-refractivity contribution in [1.29, 1.82) is 5.41 Å². The molecule has 3 N–H and O–H groups in total. The predicted molar refractivity (Wildman–Crippen MR) is 117 cm³/mol. The lowest BCUT2D eigenvalue weighted by molar-refractivity contribution is -0.0991. The fourth-order valence-corrected chi connectivity index (χ4v) is 6.26. The number of hydrogen-bond donors (Lipinski definition) is 3. The Bertz CT molecular complexity index is 616. The van der Waals surface area contributed by atoms with Crippen LogP contribution in [0.3, 0.4) is 0 Å². The van der Waals surface area contributed by atoms with Crippen molar-refractivity contribution in [3.8, 4) is 0 Å². The summed E-state index contributed by atoms with van der Waals surface area (Å²) in [5.41, 5.74) is 1.81. The number of aliphatic hydroxyl groups excluding tert-OH is 1. The van der Waals surface area contributed by atoms with E-state index in [9.17, 15) is 5.11 Å². The van der Waals surface area contributed by atoms with Gasteiger partial charge in [0.25, 0.3) is 0 Å². The number of halogens is 1. The van der Waals surface area contributed by atoms with E-state index in [1.807, 2.05) is 18.0 Å². The molecule has 4 atom stereocenters. The highest BCUT2D eigenvalue weighted by molar-refractivity contribution is 8.05.